The molecule has 0 saturated carbocycles. The van der Waals surface area contributed by atoms with Gasteiger partial charge in [0.1, 0.15) is 24.4 Å². The van der Waals surface area contributed by atoms with Crippen molar-refractivity contribution in [3.63, 3.8) is 0 Å². The highest BCUT2D eigenvalue weighted by atomic mass is 16.7. The van der Waals surface area contributed by atoms with Gasteiger partial charge in [-0.15, -0.1) is 0 Å². The van der Waals surface area contributed by atoms with Crippen LogP contribution in [0.3, 0.4) is 0 Å². The third kappa shape index (κ3) is 8.97. The van der Waals surface area contributed by atoms with E-state index in [1.807, 2.05) is 0 Å². The van der Waals surface area contributed by atoms with E-state index in [-0.39, 0.29) is 6.54 Å². The molecule has 0 aromatic rings. The Morgan fingerprint density at radius 1 is 0.818 bits per heavy atom. The summed E-state index contributed by atoms with van der Waals surface area (Å²) < 4.78 is 32.4. The molecule has 0 amide bonds. The minimum Gasteiger partial charge on any atom is -0.463 e. The molecule has 188 valence electrons. The van der Waals surface area contributed by atoms with Crippen molar-refractivity contribution in [2.45, 2.75) is 84.6 Å². The second-order valence-electron chi connectivity index (χ2n) is 8.54. The first-order valence-corrected chi connectivity index (χ1v) is 10.4. The molecule has 2 N–H and O–H groups in total. The van der Waals surface area contributed by atoms with Crippen LogP contribution in [0.2, 0.25) is 0 Å². The van der Waals surface area contributed by atoms with Crippen LogP contribution in [0, 0.1) is 5.92 Å². The summed E-state index contributed by atoms with van der Waals surface area (Å²) in [4.78, 5) is 59.8. The lowest BCUT2D eigenvalue weighted by molar-refractivity contribution is -0.261. The molecule has 1 aliphatic rings. The number of hydrogen-bond donors (Lipinski definition) is 1. The van der Waals surface area contributed by atoms with Crippen molar-refractivity contribution in [2.75, 3.05) is 13.2 Å². The first-order valence-electron chi connectivity index (χ1n) is 10.4. The molecule has 1 rings (SSSR count). The summed E-state index contributed by atoms with van der Waals surface area (Å²) in [5, 5.41) is 0. The van der Waals surface area contributed by atoms with Gasteiger partial charge in [0.05, 0.1) is 5.92 Å². The Bertz CT molecular complexity index is 745. The van der Waals surface area contributed by atoms with Gasteiger partial charge in [0, 0.05) is 34.2 Å². The molecule has 0 unspecified atom stereocenters. The summed E-state index contributed by atoms with van der Waals surface area (Å²) in [6.45, 7) is 8.79. The van der Waals surface area contributed by atoms with E-state index in [1.165, 1.54) is 0 Å². The van der Waals surface area contributed by atoms with Crippen LogP contribution in [0.1, 0.15) is 48.5 Å². The molecule has 0 radical (unpaired) electrons. The fourth-order valence-electron chi connectivity index (χ4n) is 3.33. The quantitative estimate of drug-likeness (QED) is 0.370. The minimum absolute atomic E-state index is 0.275. The van der Waals surface area contributed by atoms with E-state index in [0.717, 1.165) is 27.7 Å². The van der Waals surface area contributed by atoms with Gasteiger partial charge in [-0.3, -0.25) is 24.0 Å². The maximum Gasteiger partial charge on any atom is 0.313 e. The molecule has 12 heteroatoms. The minimum atomic E-state index is -1.38. The van der Waals surface area contributed by atoms with Crippen LogP contribution in [0.15, 0.2) is 0 Å². The highest BCUT2D eigenvalue weighted by molar-refractivity contribution is 5.74. The van der Waals surface area contributed by atoms with Gasteiger partial charge in [-0.1, -0.05) is 0 Å². The summed E-state index contributed by atoms with van der Waals surface area (Å²) in [6.07, 6.45) is -6.53. The molecular formula is C21H33NO11. The molecule has 1 saturated heterocycles. The Balaban J connectivity index is 3.52. The highest BCUT2D eigenvalue weighted by Gasteiger charge is 2.55. The zero-order valence-electron chi connectivity index (χ0n) is 19.9. The summed E-state index contributed by atoms with van der Waals surface area (Å²) in [5.74, 6) is -4.86. The molecule has 0 spiro atoms. The number of ether oxygens (including phenoxy) is 6. The van der Waals surface area contributed by atoms with Crippen molar-refractivity contribution in [1.29, 1.82) is 0 Å². The van der Waals surface area contributed by atoms with Crippen LogP contribution in [0.5, 0.6) is 0 Å². The number of carbonyl (C=O) groups excluding carboxylic acids is 5. The Labute approximate surface area is 192 Å². The van der Waals surface area contributed by atoms with Crippen LogP contribution in [0.25, 0.3) is 0 Å². The van der Waals surface area contributed by atoms with E-state index in [9.17, 15) is 24.0 Å². The third-order valence-electron chi connectivity index (χ3n) is 4.39. The molecule has 0 bridgehead atoms. The largest absolute Gasteiger partial charge is 0.463 e. The lowest BCUT2D eigenvalue weighted by atomic mass is 9.87. The predicted octanol–water partition coefficient (Wildman–Crippen LogP) is 0.0286. The number of nitrogens with two attached hydrogens (primary N) is 1. The molecular weight excluding hydrogens is 442 g/mol. The number of carbonyl (C=O) groups is 5. The standard InChI is InChI=1S/C21H33NO11/c1-10(23)28-9-15-17(29-11(2)24)19(31-13(4)26)18(30-12(3)25)16(32-15)14(8-22)20(27)33-21(5,6)7/h14-19H,8-9,22H2,1-7H3/t14-,15+,16-,17+,18-,19-/m0/s1. The highest BCUT2D eigenvalue weighted by Crippen LogP contribution is 2.33. The van der Waals surface area contributed by atoms with Crippen LogP contribution in [-0.4, -0.2) is 79.1 Å². The summed E-state index contributed by atoms with van der Waals surface area (Å²) in [6, 6.07) is 0. The average molecular weight is 475 g/mol. The molecule has 1 aliphatic heterocycles. The van der Waals surface area contributed by atoms with E-state index in [1.54, 1.807) is 20.8 Å². The van der Waals surface area contributed by atoms with Gasteiger partial charge in [-0.25, -0.2) is 0 Å². The van der Waals surface area contributed by atoms with Crippen molar-refractivity contribution in [3.8, 4) is 0 Å². The van der Waals surface area contributed by atoms with Crippen LogP contribution >= 0.6 is 0 Å². The zero-order chi connectivity index (χ0) is 25.5. The molecule has 6 atom stereocenters. The summed E-state index contributed by atoms with van der Waals surface area (Å²) in [7, 11) is 0. The van der Waals surface area contributed by atoms with Crippen molar-refractivity contribution < 1.29 is 52.4 Å². The molecule has 0 aliphatic carbocycles. The van der Waals surface area contributed by atoms with Crippen LogP contribution in [0.4, 0.5) is 0 Å². The summed E-state index contributed by atoms with van der Waals surface area (Å²) >= 11 is 0. The van der Waals surface area contributed by atoms with Crippen molar-refractivity contribution in [3.05, 3.63) is 0 Å². The molecule has 0 aromatic heterocycles. The monoisotopic (exact) mass is 475 g/mol. The van der Waals surface area contributed by atoms with Crippen LogP contribution < -0.4 is 5.73 Å². The zero-order valence-corrected chi connectivity index (χ0v) is 19.9. The summed E-state index contributed by atoms with van der Waals surface area (Å²) in [5.41, 5.74) is 4.99. The molecule has 1 heterocycles. The van der Waals surface area contributed by atoms with Crippen LogP contribution in [-0.2, 0) is 52.4 Å². The van der Waals surface area contributed by atoms with Gasteiger partial charge < -0.3 is 34.2 Å². The van der Waals surface area contributed by atoms with Gasteiger partial charge in [0.2, 0.25) is 0 Å². The predicted molar refractivity (Wildman–Crippen MR) is 110 cm³/mol. The Morgan fingerprint density at radius 2 is 1.30 bits per heavy atom. The molecule has 1 fully saturated rings. The number of rotatable bonds is 8. The lowest BCUT2D eigenvalue weighted by Crippen LogP contribution is -2.65. The molecule has 33 heavy (non-hydrogen) atoms. The van der Waals surface area contributed by atoms with E-state index in [2.05, 4.69) is 0 Å². The SMILES string of the molecule is CC(=O)OC[C@H]1O[C@@H]([C@H](CN)C(=O)OC(C)(C)C)[C@H](OC(C)=O)[C@@H](OC(C)=O)[C@@H]1OC(C)=O. The molecule has 12 nitrogen and oxygen atoms in total. The topological polar surface area (TPSA) is 167 Å². The van der Waals surface area contributed by atoms with Gasteiger partial charge in [0.25, 0.3) is 0 Å². The molecule has 0 aromatic carbocycles. The fourth-order valence-corrected chi connectivity index (χ4v) is 3.33. The third-order valence-corrected chi connectivity index (χ3v) is 4.39. The smallest absolute Gasteiger partial charge is 0.313 e. The van der Waals surface area contributed by atoms with Crippen molar-refractivity contribution >= 4 is 29.8 Å². The lowest BCUT2D eigenvalue weighted by Gasteiger charge is -2.46. The van der Waals surface area contributed by atoms with Gasteiger partial charge in [-0.2, -0.15) is 0 Å². The van der Waals surface area contributed by atoms with Gasteiger partial charge >= 0.3 is 29.8 Å². The van der Waals surface area contributed by atoms with E-state index >= 15 is 0 Å². The van der Waals surface area contributed by atoms with E-state index < -0.39 is 78.5 Å². The Hall–Kier alpha value is -2.73. The van der Waals surface area contributed by atoms with E-state index in [4.69, 9.17) is 34.2 Å². The first kappa shape index (κ1) is 28.3. The maximum atomic E-state index is 12.9. The maximum absolute atomic E-state index is 12.9. The van der Waals surface area contributed by atoms with Gasteiger partial charge in [-0.05, 0) is 20.8 Å². The first-order chi connectivity index (χ1) is 15.2. The number of esters is 5. The van der Waals surface area contributed by atoms with Gasteiger partial charge in [0.15, 0.2) is 18.3 Å². The Kier molecular flexibility index (Phi) is 10.2. The van der Waals surface area contributed by atoms with Crippen molar-refractivity contribution in [2.24, 2.45) is 11.7 Å². The second kappa shape index (κ2) is 11.9. The average Bonchev–Trinajstić information content (AvgIpc) is 2.62. The fraction of sp³-hybridized carbons (Fsp3) is 0.762. The Morgan fingerprint density at radius 3 is 1.73 bits per heavy atom. The van der Waals surface area contributed by atoms with Crippen molar-refractivity contribution in [1.82, 2.24) is 0 Å². The van der Waals surface area contributed by atoms with E-state index in [0.29, 0.717) is 0 Å². The normalized spacial score (nSPS) is 25.9. The second-order valence-corrected chi connectivity index (χ2v) is 8.54. The number of hydrogen-bond acceptors (Lipinski definition) is 12.